The van der Waals surface area contributed by atoms with Crippen molar-refractivity contribution >= 4 is 17.0 Å². The third-order valence-electron chi connectivity index (χ3n) is 3.86. The van der Waals surface area contributed by atoms with Crippen molar-refractivity contribution in [3.63, 3.8) is 0 Å². The maximum absolute atomic E-state index is 12.4. The first-order chi connectivity index (χ1) is 11.1. The number of amides is 1. The van der Waals surface area contributed by atoms with Crippen molar-refractivity contribution in [1.82, 2.24) is 20.2 Å². The number of fused-ring (bicyclic) bond motifs is 1. The number of aromatic nitrogens is 2. The van der Waals surface area contributed by atoms with Crippen LogP contribution in [0.25, 0.3) is 10.9 Å². The summed E-state index contributed by atoms with van der Waals surface area (Å²) < 4.78 is 10.7. The van der Waals surface area contributed by atoms with Gasteiger partial charge in [-0.1, -0.05) is 0 Å². The van der Waals surface area contributed by atoms with Gasteiger partial charge in [-0.15, -0.1) is 0 Å². The molecule has 1 fully saturated rings. The molecule has 2 N–H and O–H groups in total. The van der Waals surface area contributed by atoms with E-state index in [1.165, 1.54) is 19.5 Å². The molecule has 8 nitrogen and oxygen atoms in total. The monoisotopic (exact) mass is 318 g/mol. The zero-order chi connectivity index (χ0) is 16.4. The van der Waals surface area contributed by atoms with Crippen LogP contribution in [0.5, 0.6) is 11.5 Å². The normalized spacial score (nSPS) is 18.0. The van der Waals surface area contributed by atoms with Crippen molar-refractivity contribution in [2.24, 2.45) is 0 Å². The van der Waals surface area contributed by atoms with Gasteiger partial charge in [0.2, 0.25) is 0 Å². The Balaban J connectivity index is 1.93. The average Bonchev–Trinajstić information content (AvgIpc) is 2.55. The van der Waals surface area contributed by atoms with Crippen molar-refractivity contribution in [2.45, 2.75) is 13.0 Å². The van der Waals surface area contributed by atoms with E-state index in [9.17, 15) is 9.59 Å². The van der Waals surface area contributed by atoms with Gasteiger partial charge in [0, 0.05) is 31.7 Å². The first kappa shape index (κ1) is 15.3. The standard InChI is InChI=1S/C15H18N4O4/c1-9-7-16-3-4-19(9)15(21)23-13-5-10-11(6-12(13)22-2)17-8-18-14(10)20/h5-6,8-9,16H,3-4,7H2,1-2H3,(H,17,18,20)/t9-/m1/s1. The van der Waals surface area contributed by atoms with Crippen LogP contribution in [0.1, 0.15) is 6.92 Å². The van der Waals surface area contributed by atoms with Gasteiger partial charge in [-0.05, 0) is 13.0 Å². The van der Waals surface area contributed by atoms with Crippen molar-refractivity contribution < 1.29 is 14.3 Å². The number of carbonyl (C=O) groups excluding carboxylic acids is 1. The van der Waals surface area contributed by atoms with Gasteiger partial charge in [-0.25, -0.2) is 9.78 Å². The zero-order valence-electron chi connectivity index (χ0n) is 13.0. The van der Waals surface area contributed by atoms with Crippen LogP contribution in [0, 0.1) is 0 Å². The number of hydrogen-bond donors (Lipinski definition) is 2. The van der Waals surface area contributed by atoms with Crippen LogP contribution in [-0.4, -0.2) is 53.7 Å². The molecule has 0 radical (unpaired) electrons. The highest BCUT2D eigenvalue weighted by atomic mass is 16.6. The summed E-state index contributed by atoms with van der Waals surface area (Å²) in [7, 11) is 1.47. The van der Waals surface area contributed by atoms with E-state index in [-0.39, 0.29) is 17.4 Å². The number of rotatable bonds is 2. The molecule has 1 aliphatic heterocycles. The molecule has 1 saturated heterocycles. The summed E-state index contributed by atoms with van der Waals surface area (Å²) >= 11 is 0. The topological polar surface area (TPSA) is 96.5 Å². The Morgan fingerprint density at radius 3 is 2.96 bits per heavy atom. The molecule has 0 bridgehead atoms. The van der Waals surface area contributed by atoms with Crippen LogP contribution in [-0.2, 0) is 0 Å². The molecule has 8 heteroatoms. The maximum Gasteiger partial charge on any atom is 0.415 e. The van der Waals surface area contributed by atoms with Gasteiger partial charge in [0.05, 0.1) is 24.3 Å². The molecule has 1 atom stereocenters. The van der Waals surface area contributed by atoms with Gasteiger partial charge < -0.3 is 24.7 Å². The number of nitrogens with one attached hydrogen (secondary N) is 2. The SMILES string of the molecule is COc1cc2nc[nH]c(=O)c2cc1OC(=O)N1CCNC[C@H]1C. The average molecular weight is 318 g/mol. The molecule has 1 aromatic heterocycles. The quantitative estimate of drug-likeness (QED) is 0.847. The smallest absolute Gasteiger partial charge is 0.415 e. The minimum atomic E-state index is -0.461. The Labute approximate surface area is 132 Å². The highest BCUT2D eigenvalue weighted by molar-refractivity contribution is 5.83. The van der Waals surface area contributed by atoms with E-state index in [1.807, 2.05) is 6.92 Å². The number of carbonyl (C=O) groups is 1. The minimum Gasteiger partial charge on any atom is -0.493 e. The molecule has 3 rings (SSSR count). The number of aromatic amines is 1. The summed E-state index contributed by atoms with van der Waals surface area (Å²) in [5.41, 5.74) is 0.173. The van der Waals surface area contributed by atoms with Gasteiger partial charge in [0.1, 0.15) is 0 Å². The third-order valence-corrected chi connectivity index (χ3v) is 3.86. The van der Waals surface area contributed by atoms with E-state index in [0.29, 0.717) is 29.7 Å². The van der Waals surface area contributed by atoms with E-state index in [2.05, 4.69) is 15.3 Å². The second-order valence-electron chi connectivity index (χ2n) is 5.37. The lowest BCUT2D eigenvalue weighted by atomic mass is 10.2. The molecular formula is C15H18N4O4. The molecule has 2 aromatic rings. The van der Waals surface area contributed by atoms with Crippen LogP contribution in [0.2, 0.25) is 0 Å². The molecule has 1 amide bonds. The molecule has 0 unspecified atom stereocenters. The molecule has 0 saturated carbocycles. The number of H-pyrrole nitrogens is 1. The fourth-order valence-electron chi connectivity index (χ4n) is 2.58. The fraction of sp³-hybridized carbons (Fsp3) is 0.400. The Morgan fingerprint density at radius 2 is 2.22 bits per heavy atom. The van der Waals surface area contributed by atoms with Crippen LogP contribution >= 0.6 is 0 Å². The summed E-state index contributed by atoms with van der Waals surface area (Å²) in [6, 6.07) is 3.09. The van der Waals surface area contributed by atoms with E-state index >= 15 is 0 Å². The molecule has 0 spiro atoms. The molecule has 1 aromatic carbocycles. The molecule has 23 heavy (non-hydrogen) atoms. The Morgan fingerprint density at radius 1 is 1.39 bits per heavy atom. The number of piperazine rings is 1. The van der Waals surface area contributed by atoms with Crippen LogP contribution in [0.4, 0.5) is 4.79 Å². The summed E-state index contributed by atoms with van der Waals surface area (Å²) in [6.07, 6.45) is 0.857. The first-order valence-corrected chi connectivity index (χ1v) is 7.34. The predicted molar refractivity (Wildman–Crippen MR) is 84.0 cm³/mol. The Bertz CT molecular complexity index is 789. The van der Waals surface area contributed by atoms with Crippen LogP contribution < -0.4 is 20.3 Å². The molecule has 0 aliphatic carbocycles. The number of methoxy groups -OCH3 is 1. The maximum atomic E-state index is 12.4. The third kappa shape index (κ3) is 2.98. The van der Waals surface area contributed by atoms with Gasteiger partial charge in [-0.3, -0.25) is 4.79 Å². The first-order valence-electron chi connectivity index (χ1n) is 7.34. The second kappa shape index (κ2) is 6.25. The van der Waals surface area contributed by atoms with Gasteiger partial charge in [0.25, 0.3) is 5.56 Å². The molecule has 2 heterocycles. The van der Waals surface area contributed by atoms with Gasteiger partial charge in [-0.2, -0.15) is 0 Å². The summed E-state index contributed by atoms with van der Waals surface area (Å²) in [4.78, 5) is 32.5. The van der Waals surface area contributed by atoms with Crippen molar-refractivity contribution in [3.8, 4) is 11.5 Å². The second-order valence-corrected chi connectivity index (χ2v) is 5.37. The van der Waals surface area contributed by atoms with Crippen LogP contribution in [0.3, 0.4) is 0 Å². The largest absolute Gasteiger partial charge is 0.493 e. The van der Waals surface area contributed by atoms with E-state index < -0.39 is 6.09 Å². The lowest BCUT2D eigenvalue weighted by Gasteiger charge is -2.32. The molecule has 122 valence electrons. The van der Waals surface area contributed by atoms with E-state index in [1.54, 1.807) is 11.0 Å². The lowest BCUT2D eigenvalue weighted by Crippen LogP contribution is -2.53. The minimum absolute atomic E-state index is 0.0350. The number of benzene rings is 1. The highest BCUT2D eigenvalue weighted by Crippen LogP contribution is 2.30. The van der Waals surface area contributed by atoms with Gasteiger partial charge >= 0.3 is 6.09 Å². The summed E-state index contributed by atoms with van der Waals surface area (Å²) in [5.74, 6) is 0.556. The number of nitrogens with zero attached hydrogens (tertiary/aromatic N) is 2. The van der Waals surface area contributed by atoms with Crippen molar-refractivity contribution in [3.05, 3.63) is 28.8 Å². The summed E-state index contributed by atoms with van der Waals surface area (Å²) in [5, 5.41) is 3.55. The molecular weight excluding hydrogens is 300 g/mol. The summed E-state index contributed by atoms with van der Waals surface area (Å²) in [6.45, 7) is 3.95. The van der Waals surface area contributed by atoms with E-state index in [4.69, 9.17) is 9.47 Å². The highest BCUT2D eigenvalue weighted by Gasteiger charge is 2.25. The lowest BCUT2D eigenvalue weighted by molar-refractivity contribution is 0.123. The fourth-order valence-corrected chi connectivity index (χ4v) is 2.58. The van der Waals surface area contributed by atoms with Crippen molar-refractivity contribution in [1.29, 1.82) is 0 Å². The predicted octanol–water partition coefficient (Wildman–Crippen LogP) is 0.724. The Kier molecular flexibility index (Phi) is 4.16. The van der Waals surface area contributed by atoms with Crippen LogP contribution in [0.15, 0.2) is 23.3 Å². The molecule has 1 aliphatic rings. The van der Waals surface area contributed by atoms with Gasteiger partial charge in [0.15, 0.2) is 11.5 Å². The van der Waals surface area contributed by atoms with E-state index in [0.717, 1.165) is 6.54 Å². The number of hydrogen-bond acceptors (Lipinski definition) is 6. The number of ether oxygens (including phenoxy) is 2. The zero-order valence-corrected chi connectivity index (χ0v) is 13.0. The van der Waals surface area contributed by atoms with Crippen molar-refractivity contribution in [2.75, 3.05) is 26.7 Å². The Hall–Kier alpha value is -2.61.